The van der Waals surface area contributed by atoms with Gasteiger partial charge in [-0.1, -0.05) is 51.1 Å². The zero-order valence-corrected chi connectivity index (χ0v) is 21.0. The first-order valence-electron chi connectivity index (χ1n) is 12.1. The van der Waals surface area contributed by atoms with Gasteiger partial charge in [0, 0.05) is 30.5 Å². The van der Waals surface area contributed by atoms with Crippen molar-refractivity contribution in [2.45, 2.75) is 46.0 Å². The lowest BCUT2D eigenvalue weighted by atomic mass is 9.92. The molecule has 0 spiro atoms. The van der Waals surface area contributed by atoms with Crippen LogP contribution in [0, 0.1) is 12.8 Å². The topological polar surface area (TPSA) is 76.5 Å². The third-order valence-electron chi connectivity index (χ3n) is 6.30. The number of ether oxygens (including phenoxy) is 1. The van der Waals surface area contributed by atoms with Crippen LogP contribution in [0.3, 0.4) is 0 Å². The number of likely N-dealkylation sites (tertiary alicyclic amines) is 1. The summed E-state index contributed by atoms with van der Waals surface area (Å²) in [6.07, 6.45) is 1.24. The minimum Gasteiger partial charge on any atom is -0.484 e. The number of hydrogen-bond acceptors (Lipinski definition) is 4. The zero-order chi connectivity index (χ0) is 25.0. The SMILES string of the molecule is Cc1cccc(-n2nc(C(C)(C)C)cc2NC(=O)C2CCN(C(=O)COc3ccccc3)CC2)c1. The van der Waals surface area contributed by atoms with Crippen LogP contribution in [0.2, 0.25) is 0 Å². The van der Waals surface area contributed by atoms with Crippen molar-refractivity contribution in [1.82, 2.24) is 14.7 Å². The number of benzene rings is 2. The van der Waals surface area contributed by atoms with E-state index in [4.69, 9.17) is 9.84 Å². The van der Waals surface area contributed by atoms with Crippen LogP contribution in [0.25, 0.3) is 5.69 Å². The monoisotopic (exact) mass is 474 g/mol. The number of carbonyl (C=O) groups is 2. The maximum absolute atomic E-state index is 13.2. The maximum Gasteiger partial charge on any atom is 0.260 e. The molecular formula is C28H34N4O3. The molecule has 0 atom stereocenters. The number of anilines is 1. The molecule has 0 radical (unpaired) electrons. The second-order valence-corrected chi connectivity index (χ2v) is 10.2. The Morgan fingerprint density at radius 1 is 1.03 bits per heavy atom. The van der Waals surface area contributed by atoms with E-state index in [9.17, 15) is 9.59 Å². The molecule has 0 unspecified atom stereocenters. The van der Waals surface area contributed by atoms with Gasteiger partial charge < -0.3 is 15.0 Å². The van der Waals surface area contributed by atoms with Crippen molar-refractivity contribution in [2.24, 2.45) is 5.92 Å². The molecule has 1 aliphatic heterocycles. The van der Waals surface area contributed by atoms with Crippen molar-refractivity contribution in [1.29, 1.82) is 0 Å². The molecule has 2 heterocycles. The molecule has 2 aromatic carbocycles. The predicted molar refractivity (Wildman–Crippen MR) is 137 cm³/mol. The number of rotatable bonds is 6. The molecule has 35 heavy (non-hydrogen) atoms. The van der Waals surface area contributed by atoms with Crippen molar-refractivity contribution in [3.8, 4) is 11.4 Å². The van der Waals surface area contributed by atoms with Gasteiger partial charge in [-0.3, -0.25) is 9.59 Å². The van der Waals surface area contributed by atoms with E-state index in [1.165, 1.54) is 0 Å². The number of para-hydroxylation sites is 1. The summed E-state index contributed by atoms with van der Waals surface area (Å²) in [5.74, 6) is 1.09. The fraction of sp³-hybridized carbons (Fsp3) is 0.393. The summed E-state index contributed by atoms with van der Waals surface area (Å²) in [4.78, 5) is 27.5. The van der Waals surface area contributed by atoms with Crippen LogP contribution in [0.15, 0.2) is 60.7 Å². The van der Waals surface area contributed by atoms with Gasteiger partial charge in [-0.15, -0.1) is 0 Å². The number of nitrogens with one attached hydrogen (secondary N) is 1. The number of hydrogen-bond donors (Lipinski definition) is 1. The van der Waals surface area contributed by atoms with Gasteiger partial charge in [0.2, 0.25) is 5.91 Å². The van der Waals surface area contributed by atoms with Crippen LogP contribution >= 0.6 is 0 Å². The number of nitrogens with zero attached hydrogens (tertiary/aromatic N) is 3. The number of carbonyl (C=O) groups excluding carboxylic acids is 2. The van der Waals surface area contributed by atoms with E-state index in [0.717, 1.165) is 16.9 Å². The van der Waals surface area contributed by atoms with E-state index in [1.807, 2.05) is 66.2 Å². The second kappa shape index (κ2) is 10.3. The molecular weight excluding hydrogens is 440 g/mol. The third kappa shape index (κ3) is 6.10. The molecule has 1 N–H and O–H groups in total. The smallest absolute Gasteiger partial charge is 0.260 e. The first kappa shape index (κ1) is 24.5. The van der Waals surface area contributed by atoms with E-state index in [2.05, 4.69) is 32.2 Å². The van der Waals surface area contributed by atoms with E-state index in [0.29, 0.717) is 37.5 Å². The lowest BCUT2D eigenvalue weighted by Gasteiger charge is -2.31. The van der Waals surface area contributed by atoms with E-state index in [-0.39, 0.29) is 29.8 Å². The van der Waals surface area contributed by atoms with Crippen LogP contribution in [-0.4, -0.2) is 46.2 Å². The van der Waals surface area contributed by atoms with Gasteiger partial charge in [0.1, 0.15) is 11.6 Å². The number of aryl methyl sites for hydroxylation is 1. The van der Waals surface area contributed by atoms with E-state index < -0.39 is 0 Å². The Bertz CT molecular complexity index is 1170. The van der Waals surface area contributed by atoms with Crippen LogP contribution < -0.4 is 10.1 Å². The van der Waals surface area contributed by atoms with Crippen molar-refractivity contribution in [3.05, 3.63) is 71.9 Å². The summed E-state index contributed by atoms with van der Waals surface area (Å²) in [5, 5.41) is 7.92. The molecule has 1 fully saturated rings. The minimum absolute atomic E-state index is 0.00609. The minimum atomic E-state index is -0.159. The van der Waals surface area contributed by atoms with Crippen LogP contribution in [-0.2, 0) is 15.0 Å². The van der Waals surface area contributed by atoms with Gasteiger partial charge in [0.25, 0.3) is 5.91 Å². The number of aromatic nitrogens is 2. The highest BCUT2D eigenvalue weighted by Crippen LogP contribution is 2.28. The predicted octanol–water partition coefficient (Wildman–Crippen LogP) is 4.73. The Balaban J connectivity index is 1.39. The molecule has 7 nitrogen and oxygen atoms in total. The zero-order valence-electron chi connectivity index (χ0n) is 21.0. The summed E-state index contributed by atoms with van der Waals surface area (Å²) in [6, 6.07) is 19.3. The Kier molecular flexibility index (Phi) is 7.24. The molecule has 184 valence electrons. The number of amides is 2. The normalized spacial score (nSPS) is 14.6. The van der Waals surface area contributed by atoms with Gasteiger partial charge in [-0.2, -0.15) is 5.10 Å². The summed E-state index contributed by atoms with van der Waals surface area (Å²) in [7, 11) is 0. The first-order chi connectivity index (χ1) is 16.7. The molecule has 4 rings (SSSR count). The molecule has 0 bridgehead atoms. The van der Waals surface area contributed by atoms with Gasteiger partial charge >= 0.3 is 0 Å². The molecule has 0 aliphatic carbocycles. The van der Waals surface area contributed by atoms with E-state index in [1.54, 1.807) is 4.90 Å². The van der Waals surface area contributed by atoms with Crippen LogP contribution in [0.1, 0.15) is 44.9 Å². The average Bonchev–Trinajstić information content (AvgIpc) is 3.28. The van der Waals surface area contributed by atoms with Crippen molar-refractivity contribution in [3.63, 3.8) is 0 Å². The summed E-state index contributed by atoms with van der Waals surface area (Å²) >= 11 is 0. The van der Waals surface area contributed by atoms with Crippen molar-refractivity contribution >= 4 is 17.6 Å². The first-order valence-corrected chi connectivity index (χ1v) is 12.1. The summed E-state index contributed by atoms with van der Waals surface area (Å²) in [5.41, 5.74) is 2.80. The van der Waals surface area contributed by atoms with Gasteiger partial charge in [0.05, 0.1) is 11.4 Å². The lowest BCUT2D eigenvalue weighted by Crippen LogP contribution is -2.43. The Morgan fingerprint density at radius 3 is 2.40 bits per heavy atom. The highest BCUT2D eigenvalue weighted by molar-refractivity contribution is 5.92. The quantitative estimate of drug-likeness (QED) is 0.560. The van der Waals surface area contributed by atoms with Crippen LogP contribution in [0.4, 0.5) is 5.82 Å². The largest absolute Gasteiger partial charge is 0.484 e. The lowest BCUT2D eigenvalue weighted by molar-refractivity contribution is -0.136. The highest BCUT2D eigenvalue weighted by Gasteiger charge is 2.29. The van der Waals surface area contributed by atoms with Gasteiger partial charge in [-0.05, 0) is 49.6 Å². The Hall–Kier alpha value is -3.61. The molecule has 2 amide bonds. The summed E-state index contributed by atoms with van der Waals surface area (Å²) in [6.45, 7) is 9.45. The Morgan fingerprint density at radius 2 is 1.74 bits per heavy atom. The standard InChI is InChI=1S/C28H34N4O3/c1-20-9-8-10-22(17-20)32-25(18-24(30-32)28(2,3)4)29-27(34)21-13-15-31(16-14-21)26(33)19-35-23-11-6-5-7-12-23/h5-12,17-18,21H,13-16,19H2,1-4H3,(H,29,34). The fourth-order valence-electron chi connectivity index (χ4n) is 4.17. The second-order valence-electron chi connectivity index (χ2n) is 10.2. The molecule has 0 saturated carbocycles. The number of piperidine rings is 1. The summed E-state index contributed by atoms with van der Waals surface area (Å²) < 4.78 is 7.40. The van der Waals surface area contributed by atoms with Crippen molar-refractivity contribution < 1.29 is 14.3 Å². The van der Waals surface area contributed by atoms with Gasteiger partial charge in [-0.25, -0.2) is 4.68 Å². The van der Waals surface area contributed by atoms with Crippen molar-refractivity contribution in [2.75, 3.05) is 25.0 Å². The van der Waals surface area contributed by atoms with E-state index >= 15 is 0 Å². The van der Waals surface area contributed by atoms with Gasteiger partial charge in [0.15, 0.2) is 6.61 Å². The maximum atomic E-state index is 13.2. The molecule has 1 aliphatic rings. The molecule has 3 aromatic rings. The van der Waals surface area contributed by atoms with Crippen LogP contribution in [0.5, 0.6) is 5.75 Å². The average molecular weight is 475 g/mol. The Labute approximate surface area is 207 Å². The molecule has 1 saturated heterocycles. The molecule has 1 aromatic heterocycles. The molecule has 7 heteroatoms. The third-order valence-corrected chi connectivity index (χ3v) is 6.30. The highest BCUT2D eigenvalue weighted by atomic mass is 16.5. The fourth-order valence-corrected chi connectivity index (χ4v) is 4.17.